The van der Waals surface area contributed by atoms with Crippen molar-refractivity contribution in [1.29, 1.82) is 0 Å². The number of carbonyl (C=O) groups excluding carboxylic acids is 1. The fraction of sp³-hybridized carbons (Fsp3) is 0.471. The molecule has 0 atom stereocenters. The van der Waals surface area contributed by atoms with Crippen LogP contribution in [0.2, 0.25) is 0 Å². The van der Waals surface area contributed by atoms with Gasteiger partial charge in [-0.1, -0.05) is 129 Å². The molecule has 0 saturated carbocycles. The predicted molar refractivity (Wildman–Crippen MR) is 241 cm³/mol. The lowest BCUT2D eigenvalue weighted by Crippen LogP contribution is -2.08. The lowest BCUT2D eigenvalue weighted by Gasteiger charge is -2.08. The van der Waals surface area contributed by atoms with Crippen LogP contribution in [0.3, 0.4) is 0 Å². The smallest absolute Gasteiger partial charge is 0.343 e. The van der Waals surface area contributed by atoms with E-state index in [4.69, 9.17) is 18.6 Å². The van der Waals surface area contributed by atoms with Crippen LogP contribution in [0.25, 0.3) is 22.6 Å². The Balaban J connectivity index is 1.00. The molecule has 5 aromatic rings. The Morgan fingerprint density at radius 3 is 1.71 bits per heavy atom. The first-order valence-electron chi connectivity index (χ1n) is 22.5. The molecule has 0 aliphatic carbocycles. The number of hydrogen-bond acceptors (Lipinski definition) is 8. The van der Waals surface area contributed by atoms with Gasteiger partial charge in [-0.05, 0) is 85.6 Å². The van der Waals surface area contributed by atoms with Crippen molar-refractivity contribution in [2.45, 2.75) is 142 Å². The van der Waals surface area contributed by atoms with Gasteiger partial charge in [-0.15, -0.1) is 0 Å². The van der Waals surface area contributed by atoms with Crippen molar-refractivity contribution < 1.29 is 28.5 Å². The van der Waals surface area contributed by atoms with Crippen LogP contribution in [0.5, 0.6) is 23.0 Å². The molecule has 0 fully saturated rings. The standard InChI is InChI=1S/C51H66N2O6/c1-3-5-7-9-11-13-14-15-16-18-20-22-36-57-45-33-34-47-49(38-45)59-50(53-47)40-23-28-43(29-24-40)52-39-42-27-32-46(37-48(42)54)58-51(55)41-25-30-44(31-26-41)56-35-21-19-17-12-10-8-6-4-2/h23-34,37-39,54H,3-22,35-36H2,1-2H3. The number of nitrogens with zero attached hydrogens (tertiary/aromatic N) is 2. The minimum Gasteiger partial charge on any atom is -0.507 e. The zero-order valence-electron chi connectivity index (χ0n) is 35.6. The third-order valence-electron chi connectivity index (χ3n) is 10.7. The lowest BCUT2D eigenvalue weighted by molar-refractivity contribution is 0.0734. The molecule has 1 aromatic heterocycles. The number of aromatic hydroxyl groups is 1. The molecule has 59 heavy (non-hydrogen) atoms. The number of phenolic OH excluding ortho intramolecular Hbond substituents is 1. The number of aliphatic imine (C=N–C) groups is 1. The molecule has 5 rings (SSSR count). The van der Waals surface area contributed by atoms with Gasteiger partial charge in [0.15, 0.2) is 5.58 Å². The lowest BCUT2D eigenvalue weighted by atomic mass is 10.1. The molecule has 316 valence electrons. The number of rotatable bonds is 29. The molecule has 0 spiro atoms. The number of carbonyl (C=O) groups is 1. The quantitative estimate of drug-likeness (QED) is 0.0222. The van der Waals surface area contributed by atoms with Crippen LogP contribution in [-0.2, 0) is 0 Å². The number of benzene rings is 4. The second-order valence-corrected chi connectivity index (χ2v) is 15.6. The van der Waals surface area contributed by atoms with Crippen LogP contribution >= 0.6 is 0 Å². The monoisotopic (exact) mass is 802 g/mol. The third-order valence-corrected chi connectivity index (χ3v) is 10.7. The molecule has 0 aliphatic heterocycles. The van der Waals surface area contributed by atoms with Gasteiger partial charge in [0.1, 0.15) is 28.5 Å². The SMILES string of the molecule is CCCCCCCCCCCCCCOc1ccc2nc(-c3ccc(N=Cc4ccc(OC(=O)c5ccc(OCCCCCCCCCC)cc5)cc4O)cc3)oc2c1. The zero-order valence-corrected chi connectivity index (χ0v) is 35.6. The molecular weight excluding hydrogens is 737 g/mol. The van der Waals surface area contributed by atoms with Crippen molar-refractivity contribution in [3.63, 3.8) is 0 Å². The van der Waals surface area contributed by atoms with Crippen LogP contribution in [0.4, 0.5) is 5.69 Å². The van der Waals surface area contributed by atoms with E-state index < -0.39 is 5.97 Å². The van der Waals surface area contributed by atoms with Gasteiger partial charge in [-0.3, -0.25) is 4.99 Å². The van der Waals surface area contributed by atoms with E-state index in [0.29, 0.717) is 41.5 Å². The number of oxazole rings is 1. The maximum atomic E-state index is 12.8. The molecule has 8 heteroatoms. The van der Waals surface area contributed by atoms with E-state index in [2.05, 4.69) is 23.8 Å². The zero-order chi connectivity index (χ0) is 41.3. The highest BCUT2D eigenvalue weighted by atomic mass is 16.5. The summed E-state index contributed by atoms with van der Waals surface area (Å²) in [5, 5.41) is 10.7. The number of esters is 1. The molecule has 4 aromatic carbocycles. The van der Waals surface area contributed by atoms with E-state index in [0.717, 1.165) is 35.4 Å². The first-order valence-corrected chi connectivity index (χ1v) is 22.5. The van der Waals surface area contributed by atoms with E-state index in [1.54, 1.807) is 42.6 Å². The number of hydrogen-bond donors (Lipinski definition) is 1. The topological polar surface area (TPSA) is 103 Å². The van der Waals surface area contributed by atoms with E-state index >= 15 is 0 Å². The Morgan fingerprint density at radius 2 is 1.14 bits per heavy atom. The summed E-state index contributed by atoms with van der Waals surface area (Å²) in [6.07, 6.45) is 27.4. The summed E-state index contributed by atoms with van der Waals surface area (Å²) in [6.45, 7) is 5.87. The van der Waals surface area contributed by atoms with Crippen molar-refractivity contribution >= 4 is 29.0 Å². The van der Waals surface area contributed by atoms with Gasteiger partial charge in [0.25, 0.3) is 0 Å². The van der Waals surface area contributed by atoms with E-state index in [-0.39, 0.29) is 11.5 Å². The van der Waals surface area contributed by atoms with Gasteiger partial charge in [-0.25, -0.2) is 9.78 Å². The first-order chi connectivity index (χ1) is 29.0. The number of fused-ring (bicyclic) bond motifs is 1. The van der Waals surface area contributed by atoms with Gasteiger partial charge < -0.3 is 23.7 Å². The van der Waals surface area contributed by atoms with Crippen molar-refractivity contribution in [3.8, 4) is 34.5 Å². The van der Waals surface area contributed by atoms with Crippen LogP contribution in [0.1, 0.15) is 158 Å². The van der Waals surface area contributed by atoms with E-state index in [1.807, 2.05) is 42.5 Å². The molecule has 0 aliphatic rings. The molecule has 1 N–H and O–H groups in total. The molecule has 0 unspecified atom stereocenters. The average molecular weight is 803 g/mol. The molecular formula is C51H66N2O6. The van der Waals surface area contributed by atoms with Gasteiger partial charge in [0.2, 0.25) is 5.89 Å². The Morgan fingerprint density at radius 1 is 0.610 bits per heavy atom. The molecule has 1 heterocycles. The highest BCUT2D eigenvalue weighted by Crippen LogP contribution is 2.29. The van der Waals surface area contributed by atoms with Crippen LogP contribution in [-0.4, -0.2) is 35.5 Å². The van der Waals surface area contributed by atoms with Gasteiger partial charge >= 0.3 is 5.97 Å². The second-order valence-electron chi connectivity index (χ2n) is 15.6. The second kappa shape index (κ2) is 26.1. The highest BCUT2D eigenvalue weighted by molar-refractivity contribution is 5.91. The molecule has 0 saturated heterocycles. The number of phenols is 1. The van der Waals surface area contributed by atoms with Crippen molar-refractivity contribution in [2.24, 2.45) is 4.99 Å². The molecule has 0 bridgehead atoms. The van der Waals surface area contributed by atoms with Gasteiger partial charge in [-0.2, -0.15) is 0 Å². The number of unbranched alkanes of at least 4 members (excludes halogenated alkanes) is 18. The normalized spacial score (nSPS) is 11.4. The highest BCUT2D eigenvalue weighted by Gasteiger charge is 2.12. The Labute approximate surface area is 352 Å². The predicted octanol–water partition coefficient (Wildman–Crippen LogP) is 14.8. The fourth-order valence-electron chi connectivity index (χ4n) is 7.06. The largest absolute Gasteiger partial charge is 0.507 e. The first kappa shape index (κ1) is 45.0. The maximum Gasteiger partial charge on any atom is 0.343 e. The fourth-order valence-corrected chi connectivity index (χ4v) is 7.06. The summed E-state index contributed by atoms with van der Waals surface area (Å²) in [4.78, 5) is 22.0. The third kappa shape index (κ3) is 16.2. The van der Waals surface area contributed by atoms with E-state index in [1.165, 1.54) is 122 Å². The van der Waals surface area contributed by atoms with Crippen molar-refractivity contribution in [1.82, 2.24) is 4.98 Å². The van der Waals surface area contributed by atoms with Crippen LogP contribution in [0, 0.1) is 0 Å². The summed E-state index contributed by atoms with van der Waals surface area (Å²) in [7, 11) is 0. The summed E-state index contributed by atoms with van der Waals surface area (Å²) < 4.78 is 23.5. The Bertz CT molecular complexity index is 1970. The minimum atomic E-state index is -0.515. The average Bonchev–Trinajstić information content (AvgIpc) is 3.68. The molecule has 0 amide bonds. The van der Waals surface area contributed by atoms with E-state index in [9.17, 15) is 9.90 Å². The number of ether oxygens (including phenoxy) is 3. The Kier molecular flexibility index (Phi) is 19.9. The molecule has 0 radical (unpaired) electrons. The number of aromatic nitrogens is 1. The summed E-state index contributed by atoms with van der Waals surface area (Å²) in [5.74, 6) is 1.71. The van der Waals surface area contributed by atoms with Crippen LogP contribution in [0.15, 0.2) is 94.3 Å². The summed E-state index contributed by atoms with van der Waals surface area (Å²) in [6, 6.07) is 25.0. The van der Waals surface area contributed by atoms with Crippen molar-refractivity contribution in [3.05, 3.63) is 96.1 Å². The minimum absolute atomic E-state index is 0.0516. The Hall–Kier alpha value is -5.11. The van der Waals surface area contributed by atoms with Gasteiger partial charge in [0.05, 0.1) is 24.5 Å². The van der Waals surface area contributed by atoms with Crippen LogP contribution < -0.4 is 14.2 Å². The van der Waals surface area contributed by atoms with Crippen molar-refractivity contribution in [2.75, 3.05) is 13.2 Å². The summed E-state index contributed by atoms with van der Waals surface area (Å²) >= 11 is 0. The molecule has 8 nitrogen and oxygen atoms in total. The van der Waals surface area contributed by atoms with Gasteiger partial charge in [0, 0.05) is 29.5 Å². The maximum absolute atomic E-state index is 12.8. The summed E-state index contributed by atoms with van der Waals surface area (Å²) in [5.41, 5.74) is 3.87.